The number of anilines is 1. The highest BCUT2D eigenvalue weighted by molar-refractivity contribution is 7.91. The Labute approximate surface area is 130 Å². The molecule has 6 heteroatoms. The first kappa shape index (κ1) is 16.0. The summed E-state index contributed by atoms with van der Waals surface area (Å²) >= 11 is 0. The Morgan fingerprint density at radius 1 is 1.00 bits per heavy atom. The molecule has 0 aliphatic rings. The zero-order valence-corrected chi connectivity index (χ0v) is 13.1. The van der Waals surface area contributed by atoms with Gasteiger partial charge in [0.15, 0.2) is 9.84 Å². The van der Waals surface area contributed by atoms with Crippen molar-refractivity contribution in [3.63, 3.8) is 0 Å². The molecule has 22 heavy (non-hydrogen) atoms. The van der Waals surface area contributed by atoms with Crippen molar-refractivity contribution in [2.24, 2.45) is 0 Å². The number of carbonyl (C=O) groups is 1. The first-order valence-corrected chi connectivity index (χ1v) is 8.52. The van der Waals surface area contributed by atoms with Gasteiger partial charge in [-0.3, -0.25) is 15.6 Å². The van der Waals surface area contributed by atoms with Gasteiger partial charge in [0.1, 0.15) is 0 Å². The number of para-hydroxylation sites is 1. The van der Waals surface area contributed by atoms with Crippen LogP contribution in [0.25, 0.3) is 0 Å². The molecule has 2 N–H and O–H groups in total. The Bertz CT molecular complexity index is 743. The number of hydrogen-bond acceptors (Lipinski definition) is 4. The molecule has 0 aliphatic carbocycles. The van der Waals surface area contributed by atoms with E-state index in [1.165, 1.54) is 12.1 Å². The third-order valence-electron chi connectivity index (χ3n) is 3.18. The highest BCUT2D eigenvalue weighted by atomic mass is 32.2. The molecule has 0 atom stereocenters. The van der Waals surface area contributed by atoms with Crippen molar-refractivity contribution in [2.45, 2.75) is 18.2 Å². The van der Waals surface area contributed by atoms with Gasteiger partial charge in [0, 0.05) is 6.42 Å². The van der Waals surface area contributed by atoms with Gasteiger partial charge in [-0.2, -0.15) is 0 Å². The number of hydrogen-bond donors (Lipinski definition) is 2. The van der Waals surface area contributed by atoms with Crippen LogP contribution >= 0.6 is 0 Å². The molecule has 0 aromatic heterocycles. The Hall–Kier alpha value is -2.34. The zero-order chi connectivity index (χ0) is 16.0. The molecule has 0 heterocycles. The molecule has 0 spiro atoms. The number of rotatable bonds is 6. The summed E-state index contributed by atoms with van der Waals surface area (Å²) in [4.78, 5) is 12.0. The number of sulfone groups is 1. The molecule has 0 unspecified atom stereocenters. The molecular formula is C16H18N2O3S. The van der Waals surface area contributed by atoms with Gasteiger partial charge in [-0.05, 0) is 30.7 Å². The van der Waals surface area contributed by atoms with E-state index in [9.17, 15) is 13.2 Å². The molecular weight excluding hydrogens is 300 g/mol. The zero-order valence-electron chi connectivity index (χ0n) is 12.2. The van der Waals surface area contributed by atoms with Crippen LogP contribution in [0.2, 0.25) is 0 Å². The van der Waals surface area contributed by atoms with Crippen molar-refractivity contribution in [2.75, 3.05) is 11.2 Å². The third-order valence-corrected chi connectivity index (χ3v) is 4.91. The van der Waals surface area contributed by atoms with Crippen LogP contribution in [-0.4, -0.2) is 20.1 Å². The highest BCUT2D eigenvalue weighted by Gasteiger charge is 2.15. The number of nitrogens with one attached hydrogen (secondary N) is 2. The largest absolute Gasteiger partial charge is 0.298 e. The van der Waals surface area contributed by atoms with Gasteiger partial charge >= 0.3 is 0 Å². The summed E-state index contributed by atoms with van der Waals surface area (Å²) < 4.78 is 24.1. The molecule has 2 rings (SSSR count). The van der Waals surface area contributed by atoms with E-state index >= 15 is 0 Å². The molecule has 2 aromatic carbocycles. The maximum Gasteiger partial charge on any atom is 0.239 e. The summed E-state index contributed by atoms with van der Waals surface area (Å²) in [6.07, 6.45) is -0.101. The van der Waals surface area contributed by atoms with Crippen LogP contribution in [0.4, 0.5) is 5.69 Å². The lowest BCUT2D eigenvalue weighted by molar-refractivity contribution is -0.120. The summed E-state index contributed by atoms with van der Waals surface area (Å²) in [5.74, 6) is -0.596. The van der Waals surface area contributed by atoms with E-state index in [-0.39, 0.29) is 23.0 Å². The average molecular weight is 318 g/mol. The van der Waals surface area contributed by atoms with E-state index in [4.69, 9.17) is 0 Å². The number of hydrazine groups is 1. The number of aryl methyl sites for hydroxylation is 1. The van der Waals surface area contributed by atoms with Gasteiger partial charge in [0.2, 0.25) is 5.91 Å². The average Bonchev–Trinajstić information content (AvgIpc) is 2.53. The van der Waals surface area contributed by atoms with Crippen molar-refractivity contribution in [1.29, 1.82) is 0 Å². The first-order valence-electron chi connectivity index (χ1n) is 6.87. The monoisotopic (exact) mass is 318 g/mol. The minimum absolute atomic E-state index is 0.101. The number of benzene rings is 2. The second-order valence-electron chi connectivity index (χ2n) is 4.87. The SMILES string of the molecule is Cc1ccccc1NNC(=O)CCS(=O)(=O)c1ccccc1. The lowest BCUT2D eigenvalue weighted by atomic mass is 10.2. The summed E-state index contributed by atoms with van der Waals surface area (Å²) in [5, 5.41) is 0. The molecule has 0 saturated heterocycles. The summed E-state index contributed by atoms with van der Waals surface area (Å²) in [6.45, 7) is 1.91. The summed E-state index contributed by atoms with van der Waals surface area (Å²) in [7, 11) is -3.44. The maximum atomic E-state index is 12.1. The lowest BCUT2D eigenvalue weighted by Crippen LogP contribution is -2.31. The van der Waals surface area contributed by atoms with Crippen molar-refractivity contribution >= 4 is 21.4 Å². The van der Waals surface area contributed by atoms with Crippen molar-refractivity contribution in [1.82, 2.24) is 5.43 Å². The molecule has 116 valence electrons. The van der Waals surface area contributed by atoms with Gasteiger partial charge in [-0.1, -0.05) is 36.4 Å². The second-order valence-corrected chi connectivity index (χ2v) is 6.98. The maximum absolute atomic E-state index is 12.1. The molecule has 0 saturated carbocycles. The fourth-order valence-electron chi connectivity index (χ4n) is 1.89. The van der Waals surface area contributed by atoms with Crippen molar-refractivity contribution in [3.8, 4) is 0 Å². The van der Waals surface area contributed by atoms with Gasteiger partial charge < -0.3 is 0 Å². The molecule has 2 aromatic rings. The van der Waals surface area contributed by atoms with E-state index < -0.39 is 9.84 Å². The fraction of sp³-hybridized carbons (Fsp3) is 0.188. The minimum atomic E-state index is -3.44. The van der Waals surface area contributed by atoms with Gasteiger partial charge in [-0.25, -0.2) is 8.42 Å². The molecule has 5 nitrogen and oxygen atoms in total. The first-order chi connectivity index (χ1) is 10.5. The number of amides is 1. The van der Waals surface area contributed by atoms with Gasteiger partial charge in [0.25, 0.3) is 0 Å². The molecule has 0 bridgehead atoms. The molecule has 0 aliphatic heterocycles. The highest BCUT2D eigenvalue weighted by Crippen LogP contribution is 2.12. The van der Waals surface area contributed by atoms with Crippen LogP contribution in [0.5, 0.6) is 0 Å². The Morgan fingerprint density at radius 2 is 1.64 bits per heavy atom. The predicted molar refractivity (Wildman–Crippen MR) is 86.1 cm³/mol. The Balaban J connectivity index is 1.87. The lowest BCUT2D eigenvalue weighted by Gasteiger charge is -2.10. The quantitative estimate of drug-likeness (QED) is 0.801. The molecule has 0 fully saturated rings. The minimum Gasteiger partial charge on any atom is -0.298 e. The normalized spacial score (nSPS) is 11.0. The number of carbonyl (C=O) groups excluding carboxylic acids is 1. The second kappa shape index (κ2) is 7.09. The van der Waals surface area contributed by atoms with Crippen LogP contribution in [0, 0.1) is 6.92 Å². The van der Waals surface area contributed by atoms with E-state index in [1.807, 2.05) is 31.2 Å². The molecule has 1 amide bonds. The predicted octanol–water partition coefficient (Wildman–Crippen LogP) is 2.30. The Morgan fingerprint density at radius 3 is 2.32 bits per heavy atom. The Kier molecular flexibility index (Phi) is 5.16. The standard InChI is InChI=1S/C16H18N2O3S/c1-13-7-5-6-10-15(13)17-18-16(19)11-12-22(20,21)14-8-3-2-4-9-14/h2-10,17H,11-12H2,1H3,(H,18,19). The van der Waals surface area contributed by atoms with Crippen LogP contribution in [0.3, 0.4) is 0 Å². The van der Waals surface area contributed by atoms with Crippen molar-refractivity contribution < 1.29 is 13.2 Å². The van der Waals surface area contributed by atoms with Crippen LogP contribution in [0.1, 0.15) is 12.0 Å². The van der Waals surface area contributed by atoms with E-state index in [2.05, 4.69) is 10.9 Å². The summed E-state index contributed by atoms with van der Waals surface area (Å²) in [5.41, 5.74) is 7.07. The van der Waals surface area contributed by atoms with E-state index in [1.54, 1.807) is 18.2 Å². The van der Waals surface area contributed by atoms with Gasteiger partial charge in [0.05, 0.1) is 16.3 Å². The van der Waals surface area contributed by atoms with E-state index in [0.29, 0.717) is 0 Å². The summed E-state index contributed by atoms with van der Waals surface area (Å²) in [6, 6.07) is 15.6. The van der Waals surface area contributed by atoms with Crippen LogP contribution in [0.15, 0.2) is 59.5 Å². The van der Waals surface area contributed by atoms with Crippen LogP contribution in [-0.2, 0) is 14.6 Å². The topological polar surface area (TPSA) is 75.3 Å². The fourth-order valence-corrected chi connectivity index (χ4v) is 3.15. The molecule has 0 radical (unpaired) electrons. The smallest absolute Gasteiger partial charge is 0.239 e. The van der Waals surface area contributed by atoms with E-state index in [0.717, 1.165) is 11.3 Å². The third kappa shape index (κ3) is 4.33. The van der Waals surface area contributed by atoms with Gasteiger partial charge in [-0.15, -0.1) is 0 Å². The van der Waals surface area contributed by atoms with Crippen LogP contribution < -0.4 is 10.9 Å². The van der Waals surface area contributed by atoms with Crippen molar-refractivity contribution in [3.05, 3.63) is 60.2 Å².